The molecule has 0 spiro atoms. The van der Waals surface area contributed by atoms with Crippen molar-refractivity contribution in [2.75, 3.05) is 26.2 Å². The van der Waals surface area contributed by atoms with Crippen molar-refractivity contribution >= 4 is 5.91 Å². The van der Waals surface area contributed by atoms with Gasteiger partial charge in [-0.05, 0) is 45.2 Å². The van der Waals surface area contributed by atoms with Crippen LogP contribution in [0.5, 0.6) is 0 Å². The first kappa shape index (κ1) is 13.8. The van der Waals surface area contributed by atoms with E-state index in [1.54, 1.807) is 0 Å². The van der Waals surface area contributed by atoms with Gasteiger partial charge >= 0.3 is 0 Å². The molecule has 1 saturated carbocycles. The molecule has 2 aliphatic rings. The molecular weight excluding hydrogens is 226 g/mol. The predicted octanol–water partition coefficient (Wildman–Crippen LogP) is 1.12. The first-order chi connectivity index (χ1) is 8.78. The van der Waals surface area contributed by atoms with Gasteiger partial charge in [0.25, 0.3) is 0 Å². The molecule has 0 bridgehead atoms. The summed E-state index contributed by atoms with van der Waals surface area (Å²) in [6.45, 7) is 6.00. The third kappa shape index (κ3) is 4.94. The van der Waals surface area contributed by atoms with Gasteiger partial charge in [-0.3, -0.25) is 9.69 Å². The molecule has 4 nitrogen and oxygen atoms in total. The average Bonchev–Trinajstić information content (AvgIpc) is 3.00. The zero-order valence-electron chi connectivity index (χ0n) is 11.6. The highest BCUT2D eigenvalue weighted by Gasteiger charge is 2.25. The smallest absolute Gasteiger partial charge is 0.234 e. The van der Waals surface area contributed by atoms with Crippen molar-refractivity contribution < 1.29 is 4.79 Å². The van der Waals surface area contributed by atoms with Crippen LogP contribution in [0.4, 0.5) is 0 Å². The van der Waals surface area contributed by atoms with Gasteiger partial charge in [-0.15, -0.1) is 0 Å². The molecule has 18 heavy (non-hydrogen) atoms. The number of hydrogen-bond donors (Lipinski definition) is 2. The molecule has 2 rings (SSSR count). The van der Waals surface area contributed by atoms with Gasteiger partial charge < -0.3 is 10.6 Å². The number of hydrogen-bond acceptors (Lipinski definition) is 3. The molecule has 1 atom stereocenters. The van der Waals surface area contributed by atoms with Gasteiger partial charge in [0.05, 0.1) is 6.54 Å². The summed E-state index contributed by atoms with van der Waals surface area (Å²) in [7, 11) is 0. The van der Waals surface area contributed by atoms with E-state index in [0.717, 1.165) is 19.6 Å². The van der Waals surface area contributed by atoms with Crippen molar-refractivity contribution in [1.29, 1.82) is 0 Å². The quantitative estimate of drug-likeness (QED) is 0.681. The largest absolute Gasteiger partial charge is 0.352 e. The van der Waals surface area contributed by atoms with Crippen molar-refractivity contribution in [3.8, 4) is 0 Å². The second-order valence-electron chi connectivity index (χ2n) is 5.72. The zero-order valence-corrected chi connectivity index (χ0v) is 11.6. The van der Waals surface area contributed by atoms with Crippen LogP contribution in [-0.2, 0) is 4.79 Å². The lowest BCUT2D eigenvalue weighted by Crippen LogP contribution is -2.44. The van der Waals surface area contributed by atoms with Crippen molar-refractivity contribution in [3.63, 3.8) is 0 Å². The lowest BCUT2D eigenvalue weighted by molar-refractivity contribution is -0.122. The number of amides is 1. The molecule has 0 radical (unpaired) electrons. The maximum atomic E-state index is 11.9. The van der Waals surface area contributed by atoms with Gasteiger partial charge in [-0.1, -0.05) is 13.3 Å². The van der Waals surface area contributed by atoms with Crippen LogP contribution in [0.1, 0.15) is 45.4 Å². The first-order valence-electron chi connectivity index (χ1n) is 7.53. The van der Waals surface area contributed by atoms with Crippen LogP contribution in [0.25, 0.3) is 0 Å². The van der Waals surface area contributed by atoms with Crippen LogP contribution >= 0.6 is 0 Å². The van der Waals surface area contributed by atoms with Crippen LogP contribution in [0, 0.1) is 0 Å². The van der Waals surface area contributed by atoms with Gasteiger partial charge in [0.2, 0.25) is 5.91 Å². The minimum Gasteiger partial charge on any atom is -0.352 e. The number of carbonyl (C=O) groups excluding carboxylic acids is 1. The van der Waals surface area contributed by atoms with E-state index < -0.39 is 0 Å². The molecule has 1 amide bonds. The number of nitrogens with one attached hydrogen (secondary N) is 2. The van der Waals surface area contributed by atoms with Crippen LogP contribution in [0.15, 0.2) is 0 Å². The Hall–Kier alpha value is -0.610. The molecule has 0 aromatic carbocycles. The zero-order chi connectivity index (χ0) is 12.8. The first-order valence-corrected chi connectivity index (χ1v) is 7.53. The molecule has 0 aromatic rings. The van der Waals surface area contributed by atoms with Crippen molar-refractivity contribution in [2.24, 2.45) is 0 Å². The Morgan fingerprint density at radius 2 is 2.22 bits per heavy atom. The Balaban J connectivity index is 1.72. The molecule has 104 valence electrons. The highest BCUT2D eigenvalue weighted by atomic mass is 16.2. The monoisotopic (exact) mass is 253 g/mol. The van der Waals surface area contributed by atoms with E-state index in [9.17, 15) is 4.79 Å². The van der Waals surface area contributed by atoms with Gasteiger partial charge in [-0.2, -0.15) is 0 Å². The third-order valence-electron chi connectivity index (χ3n) is 3.78. The molecule has 1 aliphatic carbocycles. The van der Waals surface area contributed by atoms with Crippen LogP contribution in [-0.4, -0.2) is 49.1 Å². The highest BCUT2D eigenvalue weighted by molar-refractivity contribution is 5.78. The number of carbonyl (C=O) groups is 1. The predicted molar refractivity (Wildman–Crippen MR) is 73.5 cm³/mol. The number of unbranched alkanes of at least 4 members (excludes halogenated alkanes) is 1. The Morgan fingerprint density at radius 1 is 1.39 bits per heavy atom. The van der Waals surface area contributed by atoms with E-state index in [2.05, 4.69) is 22.5 Å². The molecule has 4 heteroatoms. The Morgan fingerprint density at radius 3 is 2.83 bits per heavy atom. The fourth-order valence-corrected chi connectivity index (χ4v) is 2.54. The Labute approximate surface area is 110 Å². The summed E-state index contributed by atoms with van der Waals surface area (Å²) in [6.07, 6.45) is 7.26. The molecule has 2 fully saturated rings. The lowest BCUT2D eigenvalue weighted by Gasteiger charge is -2.25. The van der Waals surface area contributed by atoms with E-state index in [1.807, 2.05) is 0 Å². The van der Waals surface area contributed by atoms with Gasteiger partial charge in [0.15, 0.2) is 0 Å². The second kappa shape index (κ2) is 7.10. The summed E-state index contributed by atoms with van der Waals surface area (Å²) in [4.78, 5) is 14.2. The van der Waals surface area contributed by atoms with E-state index in [1.165, 1.54) is 38.5 Å². The Kier molecular flexibility index (Phi) is 5.45. The van der Waals surface area contributed by atoms with Crippen molar-refractivity contribution in [1.82, 2.24) is 15.5 Å². The minimum atomic E-state index is 0.214. The van der Waals surface area contributed by atoms with Crippen LogP contribution in [0.3, 0.4) is 0 Å². The summed E-state index contributed by atoms with van der Waals surface area (Å²) < 4.78 is 0. The van der Waals surface area contributed by atoms with E-state index in [4.69, 9.17) is 0 Å². The average molecular weight is 253 g/mol. The number of nitrogens with zero attached hydrogens (tertiary/aromatic N) is 1. The van der Waals surface area contributed by atoms with Crippen molar-refractivity contribution in [3.05, 3.63) is 0 Å². The SMILES string of the molecule is CCCCN(CC(=O)NC1CC1)CC1CCCN1. The minimum absolute atomic E-state index is 0.214. The molecule has 2 N–H and O–H groups in total. The van der Waals surface area contributed by atoms with E-state index in [0.29, 0.717) is 18.6 Å². The van der Waals surface area contributed by atoms with Gasteiger partial charge in [-0.25, -0.2) is 0 Å². The fraction of sp³-hybridized carbons (Fsp3) is 0.929. The normalized spacial score (nSPS) is 23.6. The second-order valence-corrected chi connectivity index (χ2v) is 5.72. The summed E-state index contributed by atoms with van der Waals surface area (Å²) >= 11 is 0. The summed E-state index contributed by atoms with van der Waals surface area (Å²) in [5.74, 6) is 0.214. The molecule has 1 heterocycles. The summed E-state index contributed by atoms with van der Waals surface area (Å²) in [6, 6.07) is 1.07. The van der Waals surface area contributed by atoms with Crippen LogP contribution in [0.2, 0.25) is 0 Å². The molecule has 1 unspecified atom stereocenters. The van der Waals surface area contributed by atoms with E-state index in [-0.39, 0.29) is 5.91 Å². The highest BCUT2D eigenvalue weighted by Crippen LogP contribution is 2.18. The standard InChI is InChI=1S/C14H27N3O/c1-2-3-9-17(10-13-5-4-8-15-13)11-14(18)16-12-6-7-12/h12-13,15H,2-11H2,1H3,(H,16,18). The summed E-state index contributed by atoms with van der Waals surface area (Å²) in [5.41, 5.74) is 0. The Bertz CT molecular complexity index is 260. The maximum Gasteiger partial charge on any atom is 0.234 e. The van der Waals surface area contributed by atoms with Crippen molar-refractivity contribution in [2.45, 2.75) is 57.5 Å². The molecule has 1 aliphatic heterocycles. The van der Waals surface area contributed by atoms with E-state index >= 15 is 0 Å². The van der Waals surface area contributed by atoms with Gasteiger partial charge in [0, 0.05) is 18.6 Å². The van der Waals surface area contributed by atoms with Crippen LogP contribution < -0.4 is 10.6 Å². The molecular formula is C14H27N3O. The molecule has 0 aromatic heterocycles. The number of rotatable bonds is 8. The molecule has 1 saturated heterocycles. The maximum absolute atomic E-state index is 11.9. The third-order valence-corrected chi connectivity index (χ3v) is 3.78. The summed E-state index contributed by atoms with van der Waals surface area (Å²) in [5, 5.41) is 6.60. The fourth-order valence-electron chi connectivity index (χ4n) is 2.54. The van der Waals surface area contributed by atoms with Gasteiger partial charge in [0.1, 0.15) is 0 Å². The lowest BCUT2D eigenvalue weighted by atomic mass is 10.2. The topological polar surface area (TPSA) is 44.4 Å².